The van der Waals surface area contributed by atoms with E-state index < -0.39 is 0 Å². The van der Waals surface area contributed by atoms with Crippen molar-refractivity contribution in [2.24, 2.45) is 0 Å². The number of hydrogen-bond acceptors (Lipinski definition) is 8. The predicted molar refractivity (Wildman–Crippen MR) is 121 cm³/mol. The third-order valence-electron chi connectivity index (χ3n) is 5.18. The van der Waals surface area contributed by atoms with Crippen LogP contribution < -0.4 is 10.4 Å². The Kier molecular flexibility index (Phi) is 6.47. The molecule has 0 atom stereocenters. The van der Waals surface area contributed by atoms with Gasteiger partial charge in [-0.25, -0.2) is 14.8 Å². The van der Waals surface area contributed by atoms with Gasteiger partial charge in [0.1, 0.15) is 5.69 Å². The Balaban J connectivity index is 1.34. The number of carbonyl (C=O) groups excluding carboxylic acids is 2. The number of hydrogen-bond donors (Lipinski definition) is 1. The van der Waals surface area contributed by atoms with Crippen LogP contribution >= 0.6 is 11.3 Å². The quantitative estimate of drug-likeness (QED) is 0.471. The number of likely N-dealkylation sites (tertiary alicyclic amines) is 1. The number of benzene rings is 1. The molecule has 3 heterocycles. The van der Waals surface area contributed by atoms with Crippen molar-refractivity contribution in [2.75, 3.05) is 31.8 Å². The third kappa shape index (κ3) is 4.78. The van der Waals surface area contributed by atoms with Crippen molar-refractivity contribution >= 4 is 40.2 Å². The van der Waals surface area contributed by atoms with Crippen molar-refractivity contribution < 1.29 is 14.3 Å². The van der Waals surface area contributed by atoms with Gasteiger partial charge in [-0.2, -0.15) is 0 Å². The van der Waals surface area contributed by atoms with Crippen LogP contribution in [0.3, 0.4) is 0 Å². The van der Waals surface area contributed by atoms with E-state index in [2.05, 4.69) is 26.3 Å². The highest BCUT2D eigenvalue weighted by atomic mass is 32.1. The van der Waals surface area contributed by atoms with Gasteiger partial charge in [-0.05, 0) is 25.0 Å². The third-order valence-corrected chi connectivity index (χ3v) is 6.19. The van der Waals surface area contributed by atoms with E-state index >= 15 is 0 Å². The molecule has 1 aliphatic heterocycles. The first kappa shape index (κ1) is 21.5. The monoisotopic (exact) mass is 450 g/mol. The summed E-state index contributed by atoms with van der Waals surface area (Å²) in [6.07, 6.45) is 7.85. The number of hydrazine groups is 1. The van der Waals surface area contributed by atoms with Gasteiger partial charge in [-0.3, -0.25) is 20.2 Å². The minimum absolute atomic E-state index is 0.0249. The molecule has 32 heavy (non-hydrogen) atoms. The van der Waals surface area contributed by atoms with Crippen LogP contribution in [0.5, 0.6) is 0 Å². The Hall–Kier alpha value is -3.71. The summed E-state index contributed by atoms with van der Waals surface area (Å²) in [7, 11) is 1.71. The largest absolute Gasteiger partial charge is 0.436 e. The Labute approximate surface area is 189 Å². The highest BCUT2D eigenvalue weighted by Gasteiger charge is 2.27. The molecule has 2 aromatic heterocycles. The molecule has 1 aromatic carbocycles. The molecular formula is C22H22N6O3S. The van der Waals surface area contributed by atoms with Gasteiger partial charge in [-0.1, -0.05) is 18.1 Å². The van der Waals surface area contributed by atoms with Crippen molar-refractivity contribution in [2.45, 2.75) is 18.8 Å². The Morgan fingerprint density at radius 1 is 1.28 bits per heavy atom. The van der Waals surface area contributed by atoms with Crippen molar-refractivity contribution in [1.82, 2.24) is 25.3 Å². The minimum atomic E-state index is -0.388. The van der Waals surface area contributed by atoms with Gasteiger partial charge in [0.05, 0.1) is 22.2 Å². The summed E-state index contributed by atoms with van der Waals surface area (Å²) >= 11 is 1.45. The zero-order chi connectivity index (χ0) is 22.5. The number of amides is 2. The number of piperidine rings is 1. The summed E-state index contributed by atoms with van der Waals surface area (Å²) in [5.41, 5.74) is 4.67. The van der Waals surface area contributed by atoms with Gasteiger partial charge < -0.3 is 9.64 Å². The number of carbonyl (C=O) groups is 2. The lowest BCUT2D eigenvalue weighted by molar-refractivity contribution is 0.0946. The second kappa shape index (κ2) is 9.62. The van der Waals surface area contributed by atoms with Crippen molar-refractivity contribution in [3.05, 3.63) is 46.5 Å². The molecule has 1 fully saturated rings. The topological polar surface area (TPSA) is 101 Å². The van der Waals surface area contributed by atoms with Gasteiger partial charge in [-0.15, -0.1) is 17.8 Å². The van der Waals surface area contributed by atoms with E-state index in [1.807, 2.05) is 24.3 Å². The molecule has 0 aliphatic carbocycles. The molecule has 164 valence electrons. The zero-order valence-corrected chi connectivity index (χ0v) is 18.3. The molecule has 10 heteroatoms. The van der Waals surface area contributed by atoms with Crippen molar-refractivity contribution in [3.63, 3.8) is 0 Å². The summed E-state index contributed by atoms with van der Waals surface area (Å²) in [6.45, 7) is 1.11. The van der Waals surface area contributed by atoms with E-state index in [4.69, 9.17) is 11.2 Å². The zero-order valence-electron chi connectivity index (χ0n) is 17.5. The molecule has 3 aromatic rings. The Bertz CT molecular complexity index is 1170. The molecule has 0 unspecified atom stereocenters. The van der Waals surface area contributed by atoms with Crippen LogP contribution in [0.4, 0.5) is 10.6 Å². The maximum absolute atomic E-state index is 12.7. The number of ether oxygens (including phenoxy) is 1. The average molecular weight is 451 g/mol. The van der Waals surface area contributed by atoms with E-state index in [0.717, 1.165) is 28.9 Å². The number of aromatic nitrogens is 3. The lowest BCUT2D eigenvalue weighted by atomic mass is 9.98. The summed E-state index contributed by atoms with van der Waals surface area (Å²) < 4.78 is 4.97. The lowest BCUT2D eigenvalue weighted by Crippen LogP contribution is -2.40. The number of rotatable bonds is 5. The molecular weight excluding hydrogens is 428 g/mol. The molecule has 4 rings (SSSR count). The van der Waals surface area contributed by atoms with Crippen LogP contribution in [0.25, 0.3) is 11.0 Å². The highest BCUT2D eigenvalue weighted by Crippen LogP contribution is 2.30. The number of para-hydroxylation sites is 2. The number of anilines is 1. The van der Waals surface area contributed by atoms with Gasteiger partial charge in [0.25, 0.3) is 5.91 Å². The SMILES string of the molecule is C#CCOC(=O)N1CCC(c2nc(C(=O)NN(C)c3cnc4ccccc4n3)cs2)CC1. The number of nitrogens with zero attached hydrogens (tertiary/aromatic N) is 5. The minimum Gasteiger partial charge on any atom is -0.436 e. The molecule has 0 spiro atoms. The van der Waals surface area contributed by atoms with Crippen molar-refractivity contribution in [3.8, 4) is 12.3 Å². The van der Waals surface area contributed by atoms with Crippen LogP contribution in [-0.4, -0.2) is 58.6 Å². The first-order valence-corrected chi connectivity index (χ1v) is 11.0. The van der Waals surface area contributed by atoms with Crippen LogP contribution in [-0.2, 0) is 4.74 Å². The van der Waals surface area contributed by atoms with E-state index in [-0.39, 0.29) is 24.5 Å². The molecule has 0 bridgehead atoms. The Morgan fingerprint density at radius 3 is 2.78 bits per heavy atom. The molecule has 1 aliphatic rings. The molecule has 2 amide bonds. The Morgan fingerprint density at radius 2 is 2.03 bits per heavy atom. The first-order chi connectivity index (χ1) is 15.5. The van der Waals surface area contributed by atoms with E-state index in [1.165, 1.54) is 16.3 Å². The predicted octanol–water partition coefficient (Wildman–Crippen LogP) is 2.82. The van der Waals surface area contributed by atoms with Gasteiger partial charge in [0.15, 0.2) is 12.4 Å². The molecule has 1 N–H and O–H groups in total. The number of thiazole rings is 1. The highest BCUT2D eigenvalue weighted by molar-refractivity contribution is 7.09. The smallest absolute Gasteiger partial charge is 0.410 e. The van der Waals surface area contributed by atoms with Crippen LogP contribution in [0.1, 0.15) is 34.3 Å². The normalized spacial score (nSPS) is 14.1. The maximum Gasteiger partial charge on any atom is 0.410 e. The van der Waals surface area contributed by atoms with Gasteiger partial charge in [0.2, 0.25) is 0 Å². The molecule has 0 saturated carbocycles. The van der Waals surface area contributed by atoms with Crippen molar-refractivity contribution in [1.29, 1.82) is 0 Å². The van der Waals surface area contributed by atoms with E-state index in [1.54, 1.807) is 23.5 Å². The van der Waals surface area contributed by atoms with Gasteiger partial charge >= 0.3 is 6.09 Å². The molecule has 0 radical (unpaired) electrons. The van der Waals surface area contributed by atoms with E-state index in [0.29, 0.717) is 24.6 Å². The molecule has 1 saturated heterocycles. The lowest BCUT2D eigenvalue weighted by Gasteiger charge is -2.30. The van der Waals surface area contributed by atoms with Gasteiger partial charge in [0, 0.05) is 31.4 Å². The summed E-state index contributed by atoms with van der Waals surface area (Å²) in [5, 5.41) is 4.17. The summed E-state index contributed by atoms with van der Waals surface area (Å²) in [4.78, 5) is 39.7. The fourth-order valence-corrected chi connectivity index (χ4v) is 4.43. The standard InChI is InChI=1S/C22H22N6O3S/c1-3-12-31-22(30)28-10-8-15(9-11-28)21-25-18(14-32-21)20(29)26-27(2)19-13-23-16-6-4-5-7-17(16)24-19/h1,4-7,13-15H,8-12H2,2H3,(H,26,29). The summed E-state index contributed by atoms with van der Waals surface area (Å²) in [5.74, 6) is 2.69. The number of terminal acetylenes is 1. The van der Waals surface area contributed by atoms with E-state index in [9.17, 15) is 9.59 Å². The number of nitrogens with one attached hydrogen (secondary N) is 1. The fourth-order valence-electron chi connectivity index (χ4n) is 3.46. The first-order valence-electron chi connectivity index (χ1n) is 10.1. The number of fused-ring (bicyclic) bond motifs is 1. The van der Waals surface area contributed by atoms with Crippen LogP contribution in [0.2, 0.25) is 0 Å². The maximum atomic E-state index is 12.7. The fraction of sp³-hybridized carbons (Fsp3) is 0.318. The van der Waals surface area contributed by atoms with Crippen LogP contribution in [0, 0.1) is 12.3 Å². The molecule has 9 nitrogen and oxygen atoms in total. The average Bonchev–Trinajstić information content (AvgIpc) is 3.33. The summed E-state index contributed by atoms with van der Waals surface area (Å²) in [6, 6.07) is 7.54. The van der Waals surface area contributed by atoms with Crippen LogP contribution in [0.15, 0.2) is 35.8 Å². The second-order valence-electron chi connectivity index (χ2n) is 7.31. The second-order valence-corrected chi connectivity index (χ2v) is 8.20.